The number of nitrogen functional groups attached to an aromatic ring is 1. The van der Waals surface area contributed by atoms with Crippen molar-refractivity contribution in [2.75, 3.05) is 11.1 Å². The first kappa shape index (κ1) is 5.61. The molecule has 0 bridgehead atoms. The number of hydrogen-bond acceptors (Lipinski definition) is 3. The number of H-pyrrole nitrogens is 1. The van der Waals surface area contributed by atoms with E-state index in [0.717, 1.165) is 0 Å². The lowest BCUT2D eigenvalue weighted by molar-refractivity contribution is -0.105. The Morgan fingerprint density at radius 1 is 1.89 bits per heavy atom. The molecule has 1 amide bonds. The van der Waals surface area contributed by atoms with E-state index in [4.69, 9.17) is 5.73 Å². The number of carbonyl (C=O) groups excluding carboxylic acids is 1. The lowest BCUT2D eigenvalue weighted by Gasteiger charge is -1.86. The van der Waals surface area contributed by atoms with Gasteiger partial charge in [0.25, 0.3) is 0 Å². The van der Waals surface area contributed by atoms with Gasteiger partial charge in [0.1, 0.15) is 5.82 Å². The van der Waals surface area contributed by atoms with E-state index in [1.54, 1.807) is 0 Å². The third-order valence-corrected chi connectivity index (χ3v) is 0.810. The van der Waals surface area contributed by atoms with Gasteiger partial charge in [0.2, 0.25) is 6.41 Å². The molecule has 9 heavy (non-hydrogen) atoms. The SMILES string of the molecule is Nc1ncc(NC=O)[nH]1. The van der Waals surface area contributed by atoms with Crippen LogP contribution in [0.3, 0.4) is 0 Å². The highest BCUT2D eigenvalue weighted by molar-refractivity contribution is 5.68. The van der Waals surface area contributed by atoms with Gasteiger partial charge in [-0.05, 0) is 0 Å². The number of rotatable bonds is 2. The normalized spacial score (nSPS) is 8.89. The molecule has 5 nitrogen and oxygen atoms in total. The number of imidazole rings is 1. The Labute approximate surface area is 51.3 Å². The maximum Gasteiger partial charge on any atom is 0.212 e. The Morgan fingerprint density at radius 3 is 3.11 bits per heavy atom. The molecule has 0 saturated carbocycles. The molecule has 0 fully saturated rings. The van der Waals surface area contributed by atoms with E-state index in [1.165, 1.54) is 6.20 Å². The first-order valence-corrected chi connectivity index (χ1v) is 2.33. The Kier molecular flexibility index (Phi) is 1.35. The summed E-state index contributed by atoms with van der Waals surface area (Å²) in [6, 6.07) is 0. The van der Waals surface area contributed by atoms with Crippen molar-refractivity contribution in [3.8, 4) is 0 Å². The van der Waals surface area contributed by atoms with Gasteiger partial charge in [-0.2, -0.15) is 0 Å². The smallest absolute Gasteiger partial charge is 0.212 e. The van der Waals surface area contributed by atoms with Crippen molar-refractivity contribution in [2.24, 2.45) is 0 Å². The molecule has 1 rings (SSSR count). The van der Waals surface area contributed by atoms with Gasteiger partial charge in [-0.15, -0.1) is 0 Å². The van der Waals surface area contributed by atoms with E-state index >= 15 is 0 Å². The zero-order chi connectivity index (χ0) is 6.69. The molecule has 0 radical (unpaired) electrons. The van der Waals surface area contributed by atoms with Crippen molar-refractivity contribution < 1.29 is 4.79 Å². The number of amides is 1. The van der Waals surface area contributed by atoms with Crippen LogP contribution in [0.2, 0.25) is 0 Å². The predicted molar refractivity (Wildman–Crippen MR) is 32.7 cm³/mol. The number of carbonyl (C=O) groups is 1. The quantitative estimate of drug-likeness (QED) is 0.470. The third-order valence-electron chi connectivity index (χ3n) is 0.810. The molecule has 0 aliphatic carbocycles. The van der Waals surface area contributed by atoms with Crippen LogP contribution >= 0.6 is 0 Å². The fraction of sp³-hybridized carbons (Fsp3) is 0. The van der Waals surface area contributed by atoms with Crippen LogP contribution in [-0.2, 0) is 4.79 Å². The monoisotopic (exact) mass is 126 g/mol. The summed E-state index contributed by atoms with van der Waals surface area (Å²) < 4.78 is 0. The zero-order valence-electron chi connectivity index (χ0n) is 4.59. The highest BCUT2D eigenvalue weighted by atomic mass is 16.1. The van der Waals surface area contributed by atoms with E-state index in [9.17, 15) is 4.79 Å². The molecule has 0 unspecified atom stereocenters. The zero-order valence-corrected chi connectivity index (χ0v) is 4.59. The second kappa shape index (κ2) is 2.17. The molecule has 1 aromatic rings. The Bertz CT molecular complexity index is 206. The number of anilines is 2. The van der Waals surface area contributed by atoms with Crippen molar-refractivity contribution in [3.63, 3.8) is 0 Å². The molecule has 0 aromatic carbocycles. The molecule has 1 aromatic heterocycles. The van der Waals surface area contributed by atoms with Gasteiger partial charge in [-0.1, -0.05) is 0 Å². The van der Waals surface area contributed by atoms with E-state index in [0.29, 0.717) is 18.2 Å². The average Bonchev–Trinajstić information content (AvgIpc) is 2.17. The predicted octanol–water partition coefficient (Wildman–Crippen LogP) is -0.440. The summed E-state index contributed by atoms with van der Waals surface area (Å²) in [6.45, 7) is 0. The molecule has 5 heteroatoms. The maximum absolute atomic E-state index is 9.78. The number of aromatic nitrogens is 2. The van der Waals surface area contributed by atoms with E-state index in [-0.39, 0.29) is 0 Å². The second-order valence-electron chi connectivity index (χ2n) is 1.44. The molecule has 0 atom stereocenters. The van der Waals surface area contributed by atoms with E-state index < -0.39 is 0 Å². The van der Waals surface area contributed by atoms with Gasteiger partial charge < -0.3 is 16.0 Å². The molecule has 0 aliphatic rings. The first-order chi connectivity index (χ1) is 4.33. The molecule has 0 spiro atoms. The summed E-state index contributed by atoms with van der Waals surface area (Å²) in [4.78, 5) is 16.0. The molecule has 4 N–H and O–H groups in total. The number of nitrogens with zero attached hydrogens (tertiary/aromatic N) is 1. The molecular weight excluding hydrogens is 120 g/mol. The highest BCUT2D eigenvalue weighted by Crippen LogP contribution is 2.00. The summed E-state index contributed by atoms with van der Waals surface area (Å²) in [7, 11) is 0. The molecular formula is C4H6N4O. The van der Waals surface area contributed by atoms with Crippen LogP contribution in [0, 0.1) is 0 Å². The minimum atomic E-state index is 0.291. The van der Waals surface area contributed by atoms with Crippen LogP contribution in [0.15, 0.2) is 6.20 Å². The van der Waals surface area contributed by atoms with Crippen LogP contribution < -0.4 is 11.1 Å². The summed E-state index contributed by atoms with van der Waals surface area (Å²) in [6.07, 6.45) is 1.98. The number of aromatic amines is 1. The van der Waals surface area contributed by atoms with Crippen molar-refractivity contribution in [3.05, 3.63) is 6.20 Å². The van der Waals surface area contributed by atoms with Crippen LogP contribution in [-0.4, -0.2) is 16.4 Å². The van der Waals surface area contributed by atoms with Gasteiger partial charge >= 0.3 is 0 Å². The fourth-order valence-corrected chi connectivity index (χ4v) is 0.473. The lowest BCUT2D eigenvalue weighted by atomic mass is 10.8. The van der Waals surface area contributed by atoms with Crippen molar-refractivity contribution in [1.29, 1.82) is 0 Å². The minimum absolute atomic E-state index is 0.291. The third kappa shape index (κ3) is 1.18. The van der Waals surface area contributed by atoms with Gasteiger partial charge in [0, 0.05) is 0 Å². The second-order valence-corrected chi connectivity index (χ2v) is 1.44. The first-order valence-electron chi connectivity index (χ1n) is 2.33. The van der Waals surface area contributed by atoms with Gasteiger partial charge in [0.15, 0.2) is 5.95 Å². The molecule has 0 saturated heterocycles. The van der Waals surface area contributed by atoms with Gasteiger partial charge in [0.05, 0.1) is 6.20 Å². The fourth-order valence-electron chi connectivity index (χ4n) is 0.473. The average molecular weight is 126 g/mol. The Balaban J connectivity index is 2.72. The Hall–Kier alpha value is -1.52. The summed E-state index contributed by atoms with van der Waals surface area (Å²) in [5.41, 5.74) is 5.19. The van der Waals surface area contributed by atoms with E-state index in [2.05, 4.69) is 15.3 Å². The lowest BCUT2D eigenvalue weighted by Crippen LogP contribution is -1.93. The largest absolute Gasteiger partial charge is 0.369 e. The topological polar surface area (TPSA) is 83.8 Å². The van der Waals surface area contributed by atoms with Crippen LogP contribution in [0.5, 0.6) is 0 Å². The van der Waals surface area contributed by atoms with Crippen molar-refractivity contribution in [1.82, 2.24) is 9.97 Å². The molecule has 48 valence electrons. The maximum atomic E-state index is 9.78. The number of nitrogens with one attached hydrogen (secondary N) is 2. The van der Waals surface area contributed by atoms with Crippen LogP contribution in [0.4, 0.5) is 11.8 Å². The van der Waals surface area contributed by atoms with Gasteiger partial charge in [-0.25, -0.2) is 4.98 Å². The standard InChI is InChI=1S/C4H6N4O/c5-4-6-1-3(8-4)7-2-9/h1-2H,(H,7,9)(H3,5,6,8). The summed E-state index contributed by atoms with van der Waals surface area (Å²) in [5.74, 6) is 0.793. The van der Waals surface area contributed by atoms with Crippen LogP contribution in [0.25, 0.3) is 0 Å². The summed E-state index contributed by atoms with van der Waals surface area (Å²) in [5, 5.41) is 2.35. The van der Waals surface area contributed by atoms with Crippen LogP contribution in [0.1, 0.15) is 0 Å². The minimum Gasteiger partial charge on any atom is -0.369 e. The van der Waals surface area contributed by atoms with Crippen molar-refractivity contribution >= 4 is 18.2 Å². The van der Waals surface area contributed by atoms with Crippen molar-refractivity contribution in [2.45, 2.75) is 0 Å². The van der Waals surface area contributed by atoms with E-state index in [1.807, 2.05) is 0 Å². The highest BCUT2D eigenvalue weighted by Gasteiger charge is 1.91. The number of hydrogen-bond donors (Lipinski definition) is 3. The number of nitrogens with two attached hydrogens (primary N) is 1. The Morgan fingerprint density at radius 2 is 2.67 bits per heavy atom. The molecule has 1 heterocycles. The van der Waals surface area contributed by atoms with Gasteiger partial charge in [-0.3, -0.25) is 4.79 Å². The summed E-state index contributed by atoms with van der Waals surface area (Å²) >= 11 is 0. The molecule has 0 aliphatic heterocycles.